The fourth-order valence-electron chi connectivity index (χ4n) is 4.13. The van der Waals surface area contributed by atoms with E-state index in [-0.39, 0.29) is 11.7 Å². The fraction of sp³-hybridized carbons (Fsp3) is 0.360. The number of nitrogens with one attached hydrogen (secondary N) is 1. The maximum atomic E-state index is 12.8. The number of fused-ring (bicyclic) bond motifs is 1. The lowest BCUT2D eigenvalue weighted by Crippen LogP contribution is -2.15. The molecule has 0 fully saturated rings. The zero-order chi connectivity index (χ0) is 24.9. The van der Waals surface area contributed by atoms with Crippen LogP contribution in [0.4, 0.5) is 5.00 Å². The highest BCUT2D eigenvalue weighted by Gasteiger charge is 2.25. The molecule has 35 heavy (non-hydrogen) atoms. The molecule has 0 bridgehead atoms. The van der Waals surface area contributed by atoms with E-state index in [1.807, 2.05) is 22.8 Å². The highest BCUT2D eigenvalue weighted by molar-refractivity contribution is 7.99. The summed E-state index contributed by atoms with van der Waals surface area (Å²) in [5.74, 6) is 2.42. The molecule has 1 aliphatic carbocycles. The summed E-state index contributed by atoms with van der Waals surface area (Å²) in [6.45, 7) is 6.54. The number of benzene rings is 1. The molecular weight excluding hydrogens is 482 g/mol. The van der Waals surface area contributed by atoms with Crippen molar-refractivity contribution in [3.8, 4) is 29.0 Å². The Bertz CT molecular complexity index is 1290. The highest BCUT2D eigenvalue weighted by atomic mass is 32.2. The molecule has 4 rings (SSSR count). The molecule has 1 aromatic carbocycles. The minimum Gasteiger partial charge on any atom is -0.493 e. The molecular formula is C25H27N5O3S2. The van der Waals surface area contributed by atoms with Crippen LogP contribution in [-0.2, 0) is 24.2 Å². The molecule has 0 spiro atoms. The number of ether oxygens (including phenoxy) is 2. The lowest BCUT2D eigenvalue weighted by atomic mass is 9.89. The second kappa shape index (κ2) is 11.0. The van der Waals surface area contributed by atoms with Gasteiger partial charge in [-0.25, -0.2) is 0 Å². The maximum Gasteiger partial charge on any atom is 0.235 e. The molecule has 1 amide bonds. The number of rotatable bonds is 9. The summed E-state index contributed by atoms with van der Waals surface area (Å²) >= 11 is 2.82. The van der Waals surface area contributed by atoms with E-state index in [1.165, 1.54) is 28.0 Å². The van der Waals surface area contributed by atoms with E-state index < -0.39 is 0 Å². The highest BCUT2D eigenvalue weighted by Crippen LogP contribution is 2.39. The maximum absolute atomic E-state index is 12.8. The molecule has 2 aromatic heterocycles. The number of methoxy groups -OCH3 is 2. The Kier molecular flexibility index (Phi) is 7.78. The van der Waals surface area contributed by atoms with Crippen molar-refractivity contribution >= 4 is 34.0 Å². The van der Waals surface area contributed by atoms with Crippen LogP contribution >= 0.6 is 23.1 Å². The Labute approximate surface area is 213 Å². The van der Waals surface area contributed by atoms with Gasteiger partial charge in [-0.15, -0.1) is 28.1 Å². The number of hydrogen-bond donors (Lipinski definition) is 1. The summed E-state index contributed by atoms with van der Waals surface area (Å²) in [6.07, 6.45) is 4.68. The van der Waals surface area contributed by atoms with Gasteiger partial charge in [-0.2, -0.15) is 5.26 Å². The van der Waals surface area contributed by atoms with Crippen LogP contribution in [0, 0.1) is 17.2 Å². The number of amides is 1. The molecule has 8 nitrogen and oxygen atoms in total. The summed E-state index contributed by atoms with van der Waals surface area (Å²) in [7, 11) is 3.17. The molecule has 1 aliphatic rings. The SMILES string of the molecule is C=CCn1c(SCC(=O)Nc2sc3c(c2C#N)CCC(C)C3)nnc1-c1ccc(OC)c(OC)c1. The van der Waals surface area contributed by atoms with Gasteiger partial charge in [0.05, 0.1) is 25.5 Å². The van der Waals surface area contributed by atoms with Gasteiger partial charge < -0.3 is 14.8 Å². The van der Waals surface area contributed by atoms with E-state index in [4.69, 9.17) is 9.47 Å². The number of nitriles is 1. The van der Waals surface area contributed by atoms with Crippen LogP contribution in [0.1, 0.15) is 29.3 Å². The molecule has 10 heteroatoms. The minimum atomic E-state index is -0.182. The molecule has 0 saturated heterocycles. The Hall–Kier alpha value is -3.29. The van der Waals surface area contributed by atoms with Crippen molar-refractivity contribution in [1.82, 2.24) is 14.8 Å². The first-order valence-corrected chi connectivity index (χ1v) is 13.0. The van der Waals surface area contributed by atoms with Gasteiger partial charge in [-0.05, 0) is 48.9 Å². The summed E-state index contributed by atoms with van der Waals surface area (Å²) in [5, 5.41) is 22.5. The van der Waals surface area contributed by atoms with Crippen molar-refractivity contribution in [3.05, 3.63) is 46.9 Å². The first-order chi connectivity index (χ1) is 17.0. The van der Waals surface area contributed by atoms with Gasteiger partial charge in [0.1, 0.15) is 11.1 Å². The molecule has 1 atom stereocenters. The number of thioether (sulfide) groups is 1. The predicted octanol–water partition coefficient (Wildman–Crippen LogP) is 4.94. The third-order valence-electron chi connectivity index (χ3n) is 5.88. The average molecular weight is 510 g/mol. The zero-order valence-electron chi connectivity index (χ0n) is 20.0. The van der Waals surface area contributed by atoms with Gasteiger partial charge in [0.25, 0.3) is 0 Å². The molecule has 0 aliphatic heterocycles. The Balaban J connectivity index is 1.50. The number of allylic oxidation sites excluding steroid dienone is 1. The number of carbonyl (C=O) groups is 1. The number of thiophene rings is 1. The normalized spacial score (nSPS) is 14.6. The van der Waals surface area contributed by atoms with Crippen molar-refractivity contribution < 1.29 is 14.3 Å². The second-order valence-corrected chi connectivity index (χ2v) is 10.3. The van der Waals surface area contributed by atoms with Gasteiger partial charge in [-0.3, -0.25) is 9.36 Å². The predicted molar refractivity (Wildman–Crippen MR) is 138 cm³/mol. The summed E-state index contributed by atoms with van der Waals surface area (Å²) in [4.78, 5) is 14.0. The van der Waals surface area contributed by atoms with Crippen LogP contribution in [0.2, 0.25) is 0 Å². The Morgan fingerprint density at radius 3 is 2.89 bits per heavy atom. The van der Waals surface area contributed by atoms with Crippen LogP contribution in [-0.4, -0.2) is 40.6 Å². The number of nitrogens with zero attached hydrogens (tertiary/aromatic N) is 4. The summed E-state index contributed by atoms with van der Waals surface area (Å²) in [5.41, 5.74) is 2.52. The number of hydrogen-bond acceptors (Lipinski definition) is 8. The molecule has 2 heterocycles. The van der Waals surface area contributed by atoms with Gasteiger partial charge in [0, 0.05) is 17.0 Å². The van der Waals surface area contributed by atoms with Crippen molar-refractivity contribution in [2.75, 3.05) is 25.3 Å². The zero-order valence-corrected chi connectivity index (χ0v) is 21.6. The van der Waals surface area contributed by atoms with Gasteiger partial charge >= 0.3 is 0 Å². The molecule has 1 N–H and O–H groups in total. The molecule has 0 saturated carbocycles. The third-order valence-corrected chi connectivity index (χ3v) is 8.02. The van der Waals surface area contributed by atoms with Crippen LogP contribution < -0.4 is 14.8 Å². The topological polar surface area (TPSA) is 102 Å². The number of carbonyl (C=O) groups excluding carboxylic acids is 1. The number of anilines is 1. The van der Waals surface area contributed by atoms with Crippen LogP contribution in [0.15, 0.2) is 36.0 Å². The van der Waals surface area contributed by atoms with Crippen molar-refractivity contribution in [2.45, 2.75) is 37.9 Å². The lowest BCUT2D eigenvalue weighted by molar-refractivity contribution is -0.113. The van der Waals surface area contributed by atoms with Gasteiger partial charge in [0.2, 0.25) is 5.91 Å². The first kappa shape index (κ1) is 24.8. The number of aromatic nitrogens is 3. The van der Waals surface area contributed by atoms with Gasteiger partial charge in [0.15, 0.2) is 22.5 Å². The van der Waals surface area contributed by atoms with E-state index in [1.54, 1.807) is 20.3 Å². The fourth-order valence-corrected chi connectivity index (χ4v) is 6.25. The van der Waals surface area contributed by atoms with Gasteiger partial charge in [-0.1, -0.05) is 24.8 Å². The molecule has 1 unspecified atom stereocenters. The Morgan fingerprint density at radius 2 is 2.17 bits per heavy atom. The molecule has 182 valence electrons. The quantitative estimate of drug-likeness (QED) is 0.322. The minimum absolute atomic E-state index is 0.144. The third kappa shape index (κ3) is 5.21. The van der Waals surface area contributed by atoms with E-state index in [2.05, 4.69) is 35.1 Å². The average Bonchev–Trinajstić information content (AvgIpc) is 3.42. The monoisotopic (exact) mass is 509 g/mol. The first-order valence-electron chi connectivity index (χ1n) is 11.2. The lowest BCUT2D eigenvalue weighted by Gasteiger charge is -2.17. The standard InChI is InChI=1S/C25H27N5O3S2/c1-5-10-30-23(16-7-9-19(32-3)20(12-16)33-4)28-29-25(30)34-14-22(31)27-24-18(13-26)17-8-6-15(2)11-21(17)35-24/h5,7,9,12,15H,1,6,8,10-11,14H2,2-4H3,(H,27,31). The second-order valence-electron chi connectivity index (χ2n) is 8.28. The smallest absolute Gasteiger partial charge is 0.235 e. The van der Waals surface area contributed by atoms with Crippen molar-refractivity contribution in [1.29, 1.82) is 5.26 Å². The summed E-state index contributed by atoms with van der Waals surface area (Å²) in [6, 6.07) is 7.83. The van der Waals surface area contributed by atoms with Crippen molar-refractivity contribution in [3.63, 3.8) is 0 Å². The van der Waals surface area contributed by atoms with Crippen LogP contribution in [0.3, 0.4) is 0 Å². The Morgan fingerprint density at radius 1 is 1.37 bits per heavy atom. The van der Waals surface area contributed by atoms with Crippen LogP contribution in [0.5, 0.6) is 11.5 Å². The summed E-state index contributed by atoms with van der Waals surface area (Å²) < 4.78 is 12.6. The largest absolute Gasteiger partial charge is 0.493 e. The van der Waals surface area contributed by atoms with E-state index in [0.717, 1.165) is 30.4 Å². The molecule has 0 radical (unpaired) electrons. The van der Waals surface area contributed by atoms with E-state index in [0.29, 0.717) is 45.5 Å². The van der Waals surface area contributed by atoms with E-state index in [9.17, 15) is 10.1 Å². The van der Waals surface area contributed by atoms with Crippen LogP contribution in [0.25, 0.3) is 11.4 Å². The van der Waals surface area contributed by atoms with Crippen molar-refractivity contribution in [2.24, 2.45) is 5.92 Å². The molecule has 3 aromatic rings. The van der Waals surface area contributed by atoms with E-state index >= 15 is 0 Å².